The molecule has 2 aromatic carbocycles. The third-order valence-corrected chi connectivity index (χ3v) is 3.00. The van der Waals surface area contributed by atoms with Gasteiger partial charge in [0.25, 0.3) is 0 Å². The molecule has 5 heteroatoms. The standard InChI is InChI=1S/C17H17FN2O2/c1-12(14-7-9-16(10-8-14)19-13(2)21)20-22-11-15-5-3-4-6-17(15)18/h3-10H,11H2,1-2H3,(H,19,21)/b20-12+. The Labute approximate surface area is 128 Å². The van der Waals surface area contributed by atoms with E-state index < -0.39 is 0 Å². The third kappa shape index (κ3) is 4.41. The molecular formula is C17H17FN2O2. The fourth-order valence-electron chi connectivity index (χ4n) is 1.86. The summed E-state index contributed by atoms with van der Waals surface area (Å²) in [6, 6.07) is 13.6. The van der Waals surface area contributed by atoms with Crippen LogP contribution in [-0.2, 0) is 16.2 Å². The van der Waals surface area contributed by atoms with Gasteiger partial charge in [0.05, 0.1) is 5.71 Å². The van der Waals surface area contributed by atoms with Crippen LogP contribution in [0.25, 0.3) is 0 Å². The summed E-state index contributed by atoms with van der Waals surface area (Å²) in [5.41, 5.74) is 2.71. The van der Waals surface area contributed by atoms with E-state index in [2.05, 4.69) is 10.5 Å². The Kier molecular flexibility index (Phi) is 5.25. The van der Waals surface area contributed by atoms with E-state index in [-0.39, 0.29) is 18.3 Å². The number of hydrogen-bond donors (Lipinski definition) is 1. The molecular weight excluding hydrogens is 283 g/mol. The van der Waals surface area contributed by atoms with E-state index >= 15 is 0 Å². The van der Waals surface area contributed by atoms with E-state index in [1.807, 2.05) is 12.1 Å². The van der Waals surface area contributed by atoms with Gasteiger partial charge in [0.1, 0.15) is 12.4 Å². The zero-order valence-corrected chi connectivity index (χ0v) is 12.5. The van der Waals surface area contributed by atoms with Crippen molar-refractivity contribution in [2.45, 2.75) is 20.5 Å². The SMILES string of the molecule is CC(=O)Nc1ccc(/C(C)=N/OCc2ccccc2F)cc1. The largest absolute Gasteiger partial charge is 0.391 e. The molecule has 1 amide bonds. The van der Waals surface area contributed by atoms with E-state index in [0.29, 0.717) is 11.3 Å². The smallest absolute Gasteiger partial charge is 0.221 e. The number of rotatable bonds is 5. The number of oxime groups is 1. The van der Waals surface area contributed by atoms with Gasteiger partial charge >= 0.3 is 0 Å². The maximum absolute atomic E-state index is 13.4. The van der Waals surface area contributed by atoms with Gasteiger partial charge in [0.2, 0.25) is 5.91 Å². The number of carbonyl (C=O) groups is 1. The molecule has 2 aromatic rings. The van der Waals surface area contributed by atoms with Crippen molar-refractivity contribution in [1.29, 1.82) is 0 Å². The molecule has 0 atom stereocenters. The lowest BCUT2D eigenvalue weighted by Gasteiger charge is -2.05. The molecule has 1 N–H and O–H groups in total. The summed E-state index contributed by atoms with van der Waals surface area (Å²) in [5, 5.41) is 6.67. The second kappa shape index (κ2) is 7.36. The van der Waals surface area contributed by atoms with Crippen LogP contribution in [0.3, 0.4) is 0 Å². The van der Waals surface area contributed by atoms with Crippen LogP contribution >= 0.6 is 0 Å². The molecule has 0 spiro atoms. The summed E-state index contributed by atoms with van der Waals surface area (Å²) < 4.78 is 13.4. The van der Waals surface area contributed by atoms with Crippen LogP contribution in [0.4, 0.5) is 10.1 Å². The monoisotopic (exact) mass is 300 g/mol. The second-order valence-electron chi connectivity index (χ2n) is 4.80. The molecule has 4 nitrogen and oxygen atoms in total. The summed E-state index contributed by atoms with van der Waals surface area (Å²) in [4.78, 5) is 16.1. The minimum Gasteiger partial charge on any atom is -0.391 e. The first-order valence-corrected chi connectivity index (χ1v) is 6.84. The Morgan fingerprint density at radius 1 is 1.14 bits per heavy atom. The molecule has 0 fully saturated rings. The lowest BCUT2D eigenvalue weighted by molar-refractivity contribution is -0.114. The number of amides is 1. The molecule has 0 aliphatic rings. The first-order chi connectivity index (χ1) is 10.6. The first-order valence-electron chi connectivity index (χ1n) is 6.84. The molecule has 0 bridgehead atoms. The van der Waals surface area contributed by atoms with E-state index in [9.17, 15) is 9.18 Å². The highest BCUT2D eigenvalue weighted by Gasteiger charge is 2.02. The fourth-order valence-corrected chi connectivity index (χ4v) is 1.86. The fraction of sp³-hybridized carbons (Fsp3) is 0.176. The van der Waals surface area contributed by atoms with Crippen LogP contribution < -0.4 is 5.32 Å². The quantitative estimate of drug-likeness (QED) is 0.676. The molecule has 2 rings (SSSR count). The number of anilines is 1. The van der Waals surface area contributed by atoms with Gasteiger partial charge in [-0.05, 0) is 30.7 Å². The van der Waals surface area contributed by atoms with E-state index in [1.54, 1.807) is 37.3 Å². The summed E-state index contributed by atoms with van der Waals surface area (Å²) in [5.74, 6) is -0.429. The predicted octanol–water partition coefficient (Wildman–Crippen LogP) is 3.72. The molecule has 0 heterocycles. The zero-order valence-electron chi connectivity index (χ0n) is 12.5. The minimum absolute atomic E-state index is 0.0774. The Morgan fingerprint density at radius 3 is 2.45 bits per heavy atom. The van der Waals surface area contributed by atoms with Crippen molar-refractivity contribution in [3.8, 4) is 0 Å². The summed E-state index contributed by atoms with van der Waals surface area (Å²) in [6.07, 6.45) is 0. The van der Waals surface area contributed by atoms with Crippen LogP contribution in [-0.4, -0.2) is 11.6 Å². The Hall–Kier alpha value is -2.69. The van der Waals surface area contributed by atoms with Crippen molar-refractivity contribution in [3.63, 3.8) is 0 Å². The van der Waals surface area contributed by atoms with Gasteiger partial charge in [0.15, 0.2) is 0 Å². The summed E-state index contributed by atoms with van der Waals surface area (Å²) >= 11 is 0. The van der Waals surface area contributed by atoms with E-state index in [0.717, 1.165) is 11.3 Å². The highest BCUT2D eigenvalue weighted by molar-refractivity contribution is 5.99. The first kappa shape index (κ1) is 15.7. The number of halogens is 1. The molecule has 0 aromatic heterocycles. The Bertz CT molecular complexity index is 681. The van der Waals surface area contributed by atoms with Gasteiger partial charge in [-0.15, -0.1) is 0 Å². The maximum Gasteiger partial charge on any atom is 0.221 e. The average molecular weight is 300 g/mol. The number of benzene rings is 2. The Morgan fingerprint density at radius 2 is 1.82 bits per heavy atom. The van der Waals surface area contributed by atoms with Gasteiger partial charge in [-0.25, -0.2) is 4.39 Å². The highest BCUT2D eigenvalue weighted by atomic mass is 19.1. The van der Waals surface area contributed by atoms with Crippen molar-refractivity contribution in [3.05, 3.63) is 65.5 Å². The van der Waals surface area contributed by atoms with Crippen LogP contribution in [0.2, 0.25) is 0 Å². The average Bonchev–Trinajstić information content (AvgIpc) is 2.49. The van der Waals surface area contributed by atoms with Crippen LogP contribution in [0, 0.1) is 5.82 Å². The van der Waals surface area contributed by atoms with Crippen molar-refractivity contribution >= 4 is 17.3 Å². The van der Waals surface area contributed by atoms with Crippen molar-refractivity contribution in [1.82, 2.24) is 0 Å². The number of nitrogens with one attached hydrogen (secondary N) is 1. The molecule has 114 valence electrons. The number of carbonyl (C=O) groups excluding carboxylic acids is 1. The minimum atomic E-state index is -0.310. The number of hydrogen-bond acceptors (Lipinski definition) is 3. The lowest BCUT2D eigenvalue weighted by atomic mass is 10.1. The topological polar surface area (TPSA) is 50.7 Å². The molecule has 22 heavy (non-hydrogen) atoms. The molecule has 0 aliphatic heterocycles. The third-order valence-electron chi connectivity index (χ3n) is 3.00. The van der Waals surface area contributed by atoms with Crippen molar-refractivity contribution in [2.75, 3.05) is 5.32 Å². The van der Waals surface area contributed by atoms with Crippen LogP contribution in [0.1, 0.15) is 25.0 Å². The Balaban J connectivity index is 1.97. The van der Waals surface area contributed by atoms with Crippen LogP contribution in [0.15, 0.2) is 53.7 Å². The van der Waals surface area contributed by atoms with Gasteiger partial charge in [0, 0.05) is 18.2 Å². The molecule has 0 unspecified atom stereocenters. The maximum atomic E-state index is 13.4. The highest BCUT2D eigenvalue weighted by Crippen LogP contribution is 2.12. The van der Waals surface area contributed by atoms with E-state index in [1.165, 1.54) is 13.0 Å². The van der Waals surface area contributed by atoms with Gasteiger partial charge in [-0.3, -0.25) is 4.79 Å². The zero-order chi connectivity index (χ0) is 15.9. The van der Waals surface area contributed by atoms with Crippen LogP contribution in [0.5, 0.6) is 0 Å². The molecule has 0 saturated carbocycles. The second-order valence-corrected chi connectivity index (χ2v) is 4.80. The molecule has 0 aliphatic carbocycles. The van der Waals surface area contributed by atoms with Crippen molar-refractivity contribution in [2.24, 2.45) is 5.16 Å². The van der Waals surface area contributed by atoms with Crippen molar-refractivity contribution < 1.29 is 14.0 Å². The molecule has 0 saturated heterocycles. The van der Waals surface area contributed by atoms with Gasteiger partial charge in [-0.2, -0.15) is 0 Å². The van der Waals surface area contributed by atoms with Gasteiger partial charge in [-0.1, -0.05) is 35.5 Å². The summed E-state index contributed by atoms with van der Waals surface area (Å²) in [6.45, 7) is 3.33. The number of nitrogens with zero attached hydrogens (tertiary/aromatic N) is 1. The van der Waals surface area contributed by atoms with E-state index in [4.69, 9.17) is 4.84 Å². The van der Waals surface area contributed by atoms with Gasteiger partial charge < -0.3 is 10.2 Å². The predicted molar refractivity (Wildman–Crippen MR) is 84.1 cm³/mol. The normalized spacial score (nSPS) is 11.1. The molecule has 0 radical (unpaired) electrons. The summed E-state index contributed by atoms with van der Waals surface area (Å²) in [7, 11) is 0. The lowest BCUT2D eigenvalue weighted by Crippen LogP contribution is -2.06.